The largest absolute Gasteiger partial charge is 0.454 e. The number of hydrogen-bond acceptors (Lipinski definition) is 9. The number of carbonyl (C=O) groups is 4. The van der Waals surface area contributed by atoms with E-state index in [-0.39, 0.29) is 39.7 Å². The number of ketones is 1. The molecule has 0 saturated heterocycles. The van der Waals surface area contributed by atoms with Crippen LogP contribution in [0.2, 0.25) is 10.2 Å². The van der Waals surface area contributed by atoms with Crippen molar-refractivity contribution >= 4 is 63.5 Å². The van der Waals surface area contributed by atoms with Crippen LogP contribution < -0.4 is 10.5 Å². The molecule has 1 saturated carbocycles. The molecular formula is C36H23Cl2N7O6. The van der Waals surface area contributed by atoms with Crippen LogP contribution in [0.5, 0.6) is 0 Å². The summed E-state index contributed by atoms with van der Waals surface area (Å²) in [4.78, 5) is 67.6. The number of imide groups is 1. The molecule has 3 aliphatic rings. The van der Waals surface area contributed by atoms with Crippen LogP contribution in [0.15, 0.2) is 83.8 Å². The Kier molecular flexibility index (Phi) is 6.89. The average Bonchev–Trinajstić information content (AvgIpc) is 3.35. The number of ether oxygens (including phenoxy) is 1. The summed E-state index contributed by atoms with van der Waals surface area (Å²) < 4.78 is 9.94. The van der Waals surface area contributed by atoms with Gasteiger partial charge >= 0.3 is 5.97 Å². The predicted octanol–water partition coefficient (Wildman–Crippen LogP) is 5.17. The molecule has 1 aliphatic carbocycles. The van der Waals surface area contributed by atoms with E-state index in [1.165, 1.54) is 32.1 Å². The molecule has 13 nitrogen and oxygen atoms in total. The fraction of sp³-hybridized carbons (Fsp3) is 0.167. The van der Waals surface area contributed by atoms with Crippen molar-refractivity contribution in [3.8, 4) is 16.8 Å². The van der Waals surface area contributed by atoms with Crippen molar-refractivity contribution in [1.82, 2.24) is 29.3 Å². The Morgan fingerprint density at radius 1 is 0.922 bits per heavy atom. The van der Waals surface area contributed by atoms with Crippen LogP contribution in [0.4, 0.5) is 5.82 Å². The molecule has 0 bridgehead atoms. The van der Waals surface area contributed by atoms with Gasteiger partial charge in [0.05, 0.1) is 34.1 Å². The van der Waals surface area contributed by atoms with E-state index < -0.39 is 30.4 Å². The van der Waals surface area contributed by atoms with Crippen LogP contribution in [0, 0.1) is 5.92 Å². The summed E-state index contributed by atoms with van der Waals surface area (Å²) in [6.45, 7) is -0.532. The molecule has 0 spiro atoms. The Balaban J connectivity index is 0.947. The van der Waals surface area contributed by atoms with E-state index in [1.54, 1.807) is 61.8 Å². The second-order valence-corrected chi connectivity index (χ2v) is 13.5. The molecule has 6 aromatic rings. The van der Waals surface area contributed by atoms with Crippen LogP contribution in [0.3, 0.4) is 0 Å². The van der Waals surface area contributed by atoms with E-state index in [4.69, 9.17) is 27.9 Å². The van der Waals surface area contributed by atoms with E-state index in [9.17, 15) is 24.0 Å². The van der Waals surface area contributed by atoms with Crippen molar-refractivity contribution in [2.75, 3.05) is 11.5 Å². The molecule has 252 valence electrons. The second kappa shape index (κ2) is 11.3. The van der Waals surface area contributed by atoms with E-state index in [1.807, 2.05) is 6.07 Å². The molecular weight excluding hydrogens is 697 g/mol. The standard InChI is InChI=1S/C36H23Cl2N7O6/c1-42-27-10-17(6-8-22(27)33(40-42)45-34(48)20-4-2-3-5-21(20)35(45)49)36(50)51-16-29(46)32-25-14-24(25)28-11-18(12-31(47)44(28)32)23-13-19(37)7-9-26(23)43-15-30(38)39-41-43/h2-13,15,24-25,32H,14,16H2,1H3/t24-,25+,32+/m1/s1. The van der Waals surface area contributed by atoms with Crippen molar-refractivity contribution in [2.45, 2.75) is 18.4 Å². The number of esters is 1. The number of nitrogens with zero attached hydrogens (tertiary/aromatic N) is 7. The van der Waals surface area contributed by atoms with Gasteiger partial charge in [-0.2, -0.15) is 5.10 Å². The van der Waals surface area contributed by atoms with E-state index >= 15 is 0 Å². The van der Waals surface area contributed by atoms with Gasteiger partial charge in [-0.25, -0.2) is 14.4 Å². The molecule has 0 N–H and O–H groups in total. The maximum atomic E-state index is 13.6. The van der Waals surface area contributed by atoms with Gasteiger partial charge in [-0.3, -0.25) is 23.9 Å². The normalized spacial score (nSPS) is 18.6. The van der Waals surface area contributed by atoms with Gasteiger partial charge in [0.1, 0.15) is 6.04 Å². The Labute approximate surface area is 297 Å². The monoisotopic (exact) mass is 719 g/mol. The molecule has 9 rings (SSSR count). The number of carbonyl (C=O) groups excluding carboxylic acids is 4. The summed E-state index contributed by atoms with van der Waals surface area (Å²) >= 11 is 12.3. The maximum Gasteiger partial charge on any atom is 0.338 e. The molecule has 2 amide bonds. The van der Waals surface area contributed by atoms with Crippen LogP contribution in [0.1, 0.15) is 55.1 Å². The third-order valence-corrected chi connectivity index (χ3v) is 10.1. The summed E-state index contributed by atoms with van der Waals surface area (Å²) in [6.07, 6.45) is 2.27. The first-order valence-corrected chi connectivity index (χ1v) is 16.6. The average molecular weight is 721 g/mol. The van der Waals surface area contributed by atoms with E-state index in [2.05, 4.69) is 15.4 Å². The van der Waals surface area contributed by atoms with Crippen molar-refractivity contribution in [3.63, 3.8) is 0 Å². The number of amides is 2. The summed E-state index contributed by atoms with van der Waals surface area (Å²) in [5, 5.41) is 13.5. The zero-order valence-electron chi connectivity index (χ0n) is 26.5. The Bertz CT molecular complexity index is 2570. The van der Waals surface area contributed by atoms with Gasteiger partial charge in [0, 0.05) is 40.7 Å². The van der Waals surface area contributed by atoms with Crippen molar-refractivity contribution in [1.29, 1.82) is 0 Å². The van der Waals surface area contributed by atoms with Gasteiger partial charge < -0.3 is 9.30 Å². The molecule has 3 aromatic heterocycles. The first-order valence-electron chi connectivity index (χ1n) is 15.9. The number of fused-ring (bicyclic) bond motifs is 5. The number of rotatable bonds is 7. The summed E-state index contributed by atoms with van der Waals surface area (Å²) in [7, 11) is 1.63. The van der Waals surface area contributed by atoms with Gasteiger partial charge in [0.2, 0.25) is 0 Å². The molecule has 0 radical (unpaired) electrons. The number of aromatic nitrogens is 6. The highest BCUT2D eigenvalue weighted by atomic mass is 35.5. The van der Waals surface area contributed by atoms with E-state index in [0.29, 0.717) is 43.9 Å². The lowest BCUT2D eigenvalue weighted by molar-refractivity contribution is -0.125. The summed E-state index contributed by atoms with van der Waals surface area (Å²) in [5.41, 5.74) is 3.45. The SMILES string of the molecule is Cn1nc(N2C(=O)c3ccccc3C2=O)c2ccc(C(=O)OCC(=O)[C@@H]3[C@H]4C[C@H]4c4cc(-c5cc(Cl)ccc5-n5cc(Cl)nn5)cc(=O)n43)cc21. The van der Waals surface area contributed by atoms with Crippen molar-refractivity contribution < 1.29 is 23.9 Å². The lowest BCUT2D eigenvalue weighted by Crippen LogP contribution is -2.32. The molecule has 3 aromatic carbocycles. The lowest BCUT2D eigenvalue weighted by atomic mass is 10.0. The molecule has 1 fully saturated rings. The highest BCUT2D eigenvalue weighted by Gasteiger charge is 2.55. The third-order valence-electron chi connectivity index (χ3n) is 9.73. The molecule has 15 heteroatoms. The Morgan fingerprint density at radius 2 is 1.69 bits per heavy atom. The van der Waals surface area contributed by atoms with Gasteiger partial charge in [-0.15, -0.1) is 5.10 Å². The van der Waals surface area contributed by atoms with Gasteiger partial charge in [0.15, 0.2) is 23.4 Å². The highest BCUT2D eigenvalue weighted by Crippen LogP contribution is 2.59. The number of halogens is 2. The van der Waals surface area contributed by atoms with Crippen LogP contribution in [0.25, 0.3) is 27.7 Å². The van der Waals surface area contributed by atoms with Gasteiger partial charge in [-0.1, -0.05) is 40.5 Å². The number of anilines is 1. The van der Waals surface area contributed by atoms with Crippen molar-refractivity contribution in [2.24, 2.45) is 13.0 Å². The zero-order chi connectivity index (χ0) is 35.3. The van der Waals surface area contributed by atoms with Crippen LogP contribution >= 0.6 is 23.2 Å². The highest BCUT2D eigenvalue weighted by molar-refractivity contribution is 6.35. The fourth-order valence-electron chi connectivity index (χ4n) is 7.33. The first kappa shape index (κ1) is 31.1. The summed E-state index contributed by atoms with van der Waals surface area (Å²) in [6, 6.07) is 18.9. The quantitative estimate of drug-likeness (QED) is 0.161. The number of aryl methyl sites for hydroxylation is 1. The molecule has 51 heavy (non-hydrogen) atoms. The fourth-order valence-corrected chi connectivity index (χ4v) is 7.63. The molecule has 5 heterocycles. The first-order chi connectivity index (χ1) is 24.6. The minimum Gasteiger partial charge on any atom is -0.454 e. The number of pyridine rings is 1. The van der Waals surface area contributed by atoms with Crippen LogP contribution in [-0.4, -0.2) is 59.5 Å². The molecule has 0 unspecified atom stereocenters. The van der Waals surface area contributed by atoms with Crippen LogP contribution in [-0.2, 0) is 16.6 Å². The van der Waals surface area contributed by atoms with E-state index in [0.717, 1.165) is 17.0 Å². The smallest absolute Gasteiger partial charge is 0.338 e. The minimum atomic E-state index is -0.769. The number of benzene rings is 3. The summed E-state index contributed by atoms with van der Waals surface area (Å²) in [5.74, 6) is -2.02. The second-order valence-electron chi connectivity index (χ2n) is 12.7. The topological polar surface area (TPSA) is 151 Å². The lowest BCUT2D eigenvalue weighted by Gasteiger charge is -2.18. The zero-order valence-corrected chi connectivity index (χ0v) is 28.0. The Morgan fingerprint density at radius 3 is 2.41 bits per heavy atom. The Hall–Kier alpha value is -5.92. The maximum absolute atomic E-state index is 13.6. The minimum absolute atomic E-state index is 0.00866. The molecule has 2 aliphatic heterocycles. The predicted molar refractivity (Wildman–Crippen MR) is 185 cm³/mol. The third kappa shape index (κ3) is 4.83. The number of hydrogen-bond donors (Lipinski definition) is 0. The van der Waals surface area contributed by atoms with Gasteiger partial charge in [0.25, 0.3) is 17.4 Å². The van der Waals surface area contributed by atoms with Crippen molar-refractivity contribution in [3.05, 3.63) is 122 Å². The molecule has 3 atom stereocenters. The number of Topliss-reactive ketones (excluding diaryl/α,β-unsaturated/α-hetero) is 1. The van der Waals surface area contributed by atoms with Gasteiger partial charge in [-0.05, 0) is 72.5 Å².